The van der Waals surface area contributed by atoms with Gasteiger partial charge in [-0.15, -0.1) is 0 Å². The van der Waals surface area contributed by atoms with Crippen molar-refractivity contribution in [3.8, 4) is 0 Å². The van der Waals surface area contributed by atoms with E-state index in [9.17, 15) is 14.0 Å². The summed E-state index contributed by atoms with van der Waals surface area (Å²) in [7, 11) is 0. The predicted octanol–water partition coefficient (Wildman–Crippen LogP) is 1.89. The van der Waals surface area contributed by atoms with E-state index >= 15 is 0 Å². The molecule has 2 fully saturated rings. The molecule has 2 amide bonds. The summed E-state index contributed by atoms with van der Waals surface area (Å²) in [6.45, 7) is 3.25. The molecule has 2 atom stereocenters. The third-order valence-corrected chi connectivity index (χ3v) is 4.54. The van der Waals surface area contributed by atoms with Gasteiger partial charge in [-0.3, -0.25) is 9.59 Å². The molecule has 2 aliphatic rings. The molecule has 20 heavy (non-hydrogen) atoms. The second-order valence-corrected chi connectivity index (χ2v) is 6.29. The molecule has 0 aromatic heterocycles. The van der Waals surface area contributed by atoms with E-state index in [1.54, 1.807) is 0 Å². The molecule has 1 aliphatic heterocycles. The van der Waals surface area contributed by atoms with E-state index in [0.29, 0.717) is 0 Å². The molecule has 2 rings (SSSR count). The fourth-order valence-electron chi connectivity index (χ4n) is 3.47. The molecule has 2 unspecified atom stereocenters. The lowest BCUT2D eigenvalue weighted by Crippen LogP contribution is -2.66. The van der Waals surface area contributed by atoms with Crippen LogP contribution >= 0.6 is 0 Å². The number of rotatable bonds is 4. The van der Waals surface area contributed by atoms with Gasteiger partial charge in [-0.25, -0.2) is 4.39 Å². The third kappa shape index (κ3) is 2.96. The second-order valence-electron chi connectivity index (χ2n) is 6.29. The van der Waals surface area contributed by atoms with Crippen molar-refractivity contribution in [2.75, 3.05) is 13.2 Å². The molecule has 0 bridgehead atoms. The Hall–Kier alpha value is -1.13. The number of hydrogen-bond donors (Lipinski definition) is 1. The van der Waals surface area contributed by atoms with E-state index in [2.05, 4.69) is 5.32 Å². The molecule has 0 aromatic carbocycles. The summed E-state index contributed by atoms with van der Waals surface area (Å²) < 4.78 is 12.8. The van der Waals surface area contributed by atoms with Crippen molar-refractivity contribution < 1.29 is 14.0 Å². The largest absolute Gasteiger partial charge is 0.342 e. The van der Waals surface area contributed by atoms with Crippen molar-refractivity contribution in [2.45, 2.75) is 58.0 Å². The van der Waals surface area contributed by atoms with Crippen molar-refractivity contribution in [3.63, 3.8) is 0 Å². The molecule has 5 heteroatoms. The molecule has 0 spiro atoms. The van der Waals surface area contributed by atoms with Crippen LogP contribution in [-0.4, -0.2) is 42.0 Å². The number of nitrogens with zero attached hydrogens (tertiary/aromatic N) is 1. The lowest BCUT2D eigenvalue weighted by molar-refractivity contribution is -0.153. The lowest BCUT2D eigenvalue weighted by atomic mass is 9.81. The average molecular weight is 284 g/mol. The maximum atomic E-state index is 12.8. The van der Waals surface area contributed by atoms with E-state index in [0.717, 1.165) is 25.7 Å². The number of carbonyl (C=O) groups is 2. The van der Waals surface area contributed by atoms with Gasteiger partial charge in [0.25, 0.3) is 0 Å². The summed E-state index contributed by atoms with van der Waals surface area (Å²) in [6, 6.07) is -0.970. The Morgan fingerprint density at radius 3 is 2.45 bits per heavy atom. The first kappa shape index (κ1) is 15.3. The van der Waals surface area contributed by atoms with Crippen LogP contribution in [0.3, 0.4) is 0 Å². The molecule has 0 radical (unpaired) electrons. The third-order valence-electron chi connectivity index (χ3n) is 4.54. The first-order valence-corrected chi connectivity index (χ1v) is 7.73. The number of nitrogens with one attached hydrogen (secondary N) is 1. The van der Waals surface area contributed by atoms with Gasteiger partial charge in [0.05, 0.1) is 0 Å². The second kappa shape index (κ2) is 6.55. The fourth-order valence-corrected chi connectivity index (χ4v) is 3.47. The molecule has 4 nitrogen and oxygen atoms in total. The number of hydrogen-bond acceptors (Lipinski definition) is 2. The summed E-state index contributed by atoms with van der Waals surface area (Å²) >= 11 is 0. The fraction of sp³-hybridized carbons (Fsp3) is 0.867. The first-order valence-electron chi connectivity index (χ1n) is 7.73. The highest BCUT2D eigenvalue weighted by molar-refractivity contribution is 5.97. The molecule has 1 aliphatic carbocycles. The van der Waals surface area contributed by atoms with Crippen molar-refractivity contribution in [1.29, 1.82) is 0 Å². The van der Waals surface area contributed by atoms with Crippen LogP contribution in [0.25, 0.3) is 0 Å². The summed E-state index contributed by atoms with van der Waals surface area (Å²) in [5.74, 6) is 0.00435. The van der Waals surface area contributed by atoms with E-state index in [4.69, 9.17) is 0 Å². The van der Waals surface area contributed by atoms with Gasteiger partial charge in [-0.1, -0.05) is 33.1 Å². The minimum atomic E-state index is -0.590. The number of halogens is 1. The Kier molecular flexibility index (Phi) is 5.00. The summed E-state index contributed by atoms with van der Waals surface area (Å²) in [4.78, 5) is 26.4. The maximum absolute atomic E-state index is 12.8. The van der Waals surface area contributed by atoms with Crippen LogP contribution in [0, 0.1) is 11.8 Å². The zero-order valence-electron chi connectivity index (χ0n) is 12.4. The van der Waals surface area contributed by atoms with Crippen LogP contribution < -0.4 is 5.32 Å². The van der Waals surface area contributed by atoms with E-state index in [1.807, 2.05) is 13.8 Å². The van der Waals surface area contributed by atoms with Gasteiger partial charge in [0, 0.05) is 6.54 Å². The Morgan fingerprint density at radius 2 is 1.90 bits per heavy atom. The van der Waals surface area contributed by atoms with Crippen LogP contribution in [0.15, 0.2) is 0 Å². The van der Waals surface area contributed by atoms with Gasteiger partial charge >= 0.3 is 0 Å². The minimum Gasteiger partial charge on any atom is -0.342 e. The van der Waals surface area contributed by atoms with E-state index < -0.39 is 18.8 Å². The molecular formula is C15H25FN2O2. The number of amides is 2. The van der Waals surface area contributed by atoms with Crippen LogP contribution in [0.2, 0.25) is 0 Å². The van der Waals surface area contributed by atoms with E-state index in [1.165, 1.54) is 11.3 Å². The average Bonchev–Trinajstić information content (AvgIpc) is 2.43. The van der Waals surface area contributed by atoms with Crippen molar-refractivity contribution in [1.82, 2.24) is 10.2 Å². The topological polar surface area (TPSA) is 49.4 Å². The molecular weight excluding hydrogens is 259 g/mol. The van der Waals surface area contributed by atoms with Gasteiger partial charge in [0.15, 0.2) is 0 Å². The van der Waals surface area contributed by atoms with Crippen LogP contribution in [0.4, 0.5) is 4.39 Å². The standard InChI is InChI=1S/C15H25FN2O2/c1-10(2)12-15(20)18(9-8-16)13(14(19)17-12)11-6-4-3-5-7-11/h10-13H,3-9H2,1-2H3,(H,17,19). The molecule has 0 aromatic rings. The summed E-state index contributed by atoms with van der Waals surface area (Å²) in [5, 5.41) is 2.85. The molecule has 1 heterocycles. The number of alkyl halides is 1. The minimum absolute atomic E-state index is 0.0286. The van der Waals surface area contributed by atoms with Gasteiger partial charge in [0.2, 0.25) is 11.8 Å². The highest BCUT2D eigenvalue weighted by Crippen LogP contribution is 2.31. The van der Waals surface area contributed by atoms with Gasteiger partial charge in [0.1, 0.15) is 18.8 Å². The van der Waals surface area contributed by atoms with Crippen molar-refractivity contribution >= 4 is 11.8 Å². The van der Waals surface area contributed by atoms with Crippen LogP contribution in [-0.2, 0) is 9.59 Å². The monoisotopic (exact) mass is 284 g/mol. The van der Waals surface area contributed by atoms with Gasteiger partial charge in [-0.2, -0.15) is 0 Å². The zero-order chi connectivity index (χ0) is 14.7. The first-order chi connectivity index (χ1) is 9.56. The highest BCUT2D eigenvalue weighted by Gasteiger charge is 2.44. The number of carbonyl (C=O) groups excluding carboxylic acids is 2. The lowest BCUT2D eigenvalue weighted by Gasteiger charge is -2.44. The molecule has 1 saturated heterocycles. The van der Waals surface area contributed by atoms with Gasteiger partial charge < -0.3 is 10.2 Å². The SMILES string of the molecule is CC(C)C1NC(=O)C(C2CCCCC2)N(CCF)C1=O. The molecule has 114 valence electrons. The Labute approximate surface area is 120 Å². The van der Waals surface area contributed by atoms with Gasteiger partial charge in [-0.05, 0) is 24.7 Å². The van der Waals surface area contributed by atoms with Crippen molar-refractivity contribution in [2.24, 2.45) is 11.8 Å². The smallest absolute Gasteiger partial charge is 0.246 e. The Morgan fingerprint density at radius 1 is 1.25 bits per heavy atom. The van der Waals surface area contributed by atoms with Crippen LogP contribution in [0.5, 0.6) is 0 Å². The summed E-state index contributed by atoms with van der Waals surface area (Å²) in [6.07, 6.45) is 5.30. The Bertz CT molecular complexity index is 367. The molecule has 1 saturated carbocycles. The quantitative estimate of drug-likeness (QED) is 0.857. The molecule has 1 N–H and O–H groups in total. The zero-order valence-corrected chi connectivity index (χ0v) is 12.4. The summed E-state index contributed by atoms with van der Waals surface area (Å²) in [5.41, 5.74) is 0. The van der Waals surface area contributed by atoms with E-state index in [-0.39, 0.29) is 30.2 Å². The van der Waals surface area contributed by atoms with Crippen molar-refractivity contribution in [3.05, 3.63) is 0 Å². The number of piperazine rings is 1. The Balaban J connectivity index is 2.20. The maximum Gasteiger partial charge on any atom is 0.246 e. The normalized spacial score (nSPS) is 28.9. The van der Waals surface area contributed by atoms with Crippen LogP contribution in [0.1, 0.15) is 46.0 Å². The predicted molar refractivity (Wildman–Crippen MR) is 74.8 cm³/mol. The highest BCUT2D eigenvalue weighted by atomic mass is 19.1.